The van der Waals surface area contributed by atoms with Crippen molar-refractivity contribution in [3.05, 3.63) is 38.3 Å². The van der Waals surface area contributed by atoms with Crippen LogP contribution >= 0.6 is 15.9 Å². The number of rotatable bonds is 3. The average Bonchev–Trinajstić information content (AvgIpc) is 2.16. The van der Waals surface area contributed by atoms with E-state index in [9.17, 15) is 18.9 Å². The average molecular weight is 281 g/mol. The Morgan fingerprint density at radius 1 is 1.47 bits per heavy atom. The number of hydrogen-bond donors (Lipinski definition) is 1. The molecule has 4 nitrogen and oxygen atoms in total. The van der Waals surface area contributed by atoms with Gasteiger partial charge in [-0.05, 0) is 11.6 Å². The molecule has 0 saturated carbocycles. The van der Waals surface area contributed by atoms with Gasteiger partial charge in [-0.15, -0.1) is 0 Å². The fraction of sp³-hybridized carbons (Fsp3) is 0.250. The van der Waals surface area contributed by atoms with Gasteiger partial charge in [0.25, 0.3) is 12.1 Å². The molecule has 0 spiro atoms. The molecule has 0 bridgehead atoms. The molecule has 0 aliphatic carbocycles. The van der Waals surface area contributed by atoms with Crippen LogP contribution in [0.1, 0.15) is 11.6 Å². The highest BCUT2D eigenvalue weighted by Gasteiger charge is 2.21. The number of nitro groups is 1. The summed E-state index contributed by atoms with van der Waals surface area (Å²) in [5.41, 5.74) is 5.19. The Kier molecular flexibility index (Phi) is 3.70. The number of hydrogen-bond acceptors (Lipinski definition) is 3. The first-order chi connectivity index (χ1) is 6.93. The van der Waals surface area contributed by atoms with E-state index in [0.717, 1.165) is 12.1 Å². The van der Waals surface area contributed by atoms with Gasteiger partial charge in [0.15, 0.2) is 0 Å². The summed E-state index contributed by atoms with van der Waals surface area (Å²) >= 11 is 2.97. The Labute approximate surface area is 92.4 Å². The van der Waals surface area contributed by atoms with E-state index in [2.05, 4.69) is 15.9 Å². The molecular weight excluding hydrogens is 274 g/mol. The number of nitro benzene ring substituents is 1. The van der Waals surface area contributed by atoms with Crippen molar-refractivity contribution >= 4 is 21.6 Å². The Hall–Kier alpha value is -1.08. The van der Waals surface area contributed by atoms with Crippen LogP contribution in [0.4, 0.5) is 14.5 Å². The van der Waals surface area contributed by atoms with Gasteiger partial charge in [-0.2, -0.15) is 0 Å². The molecule has 1 unspecified atom stereocenters. The Bertz CT molecular complexity index is 387. The number of nitrogens with zero attached hydrogens (tertiary/aromatic N) is 1. The van der Waals surface area contributed by atoms with Crippen molar-refractivity contribution < 1.29 is 13.7 Å². The molecular formula is C8H7BrF2N2O2. The molecule has 1 aromatic rings. The van der Waals surface area contributed by atoms with Gasteiger partial charge in [-0.25, -0.2) is 8.78 Å². The maximum Gasteiger partial charge on any atom is 0.270 e. The highest BCUT2D eigenvalue weighted by molar-refractivity contribution is 9.10. The predicted molar refractivity (Wildman–Crippen MR) is 53.7 cm³/mol. The molecule has 7 heteroatoms. The summed E-state index contributed by atoms with van der Waals surface area (Å²) in [6, 6.07) is 2.07. The monoisotopic (exact) mass is 280 g/mol. The number of nitrogens with two attached hydrogens (primary N) is 1. The van der Waals surface area contributed by atoms with E-state index in [1.54, 1.807) is 0 Å². The summed E-state index contributed by atoms with van der Waals surface area (Å²) in [5.74, 6) is 0. The second kappa shape index (κ2) is 4.63. The predicted octanol–water partition coefficient (Wildman–Crippen LogP) is 2.62. The molecule has 0 saturated heterocycles. The fourth-order valence-electron chi connectivity index (χ4n) is 1.04. The summed E-state index contributed by atoms with van der Waals surface area (Å²) in [6.45, 7) is 0. The molecule has 2 N–H and O–H groups in total. The SMILES string of the molecule is NC(c1ccc([N+](=O)[O-])cc1Br)C(F)F. The van der Waals surface area contributed by atoms with Crippen molar-refractivity contribution in [1.29, 1.82) is 0 Å². The fourth-order valence-corrected chi connectivity index (χ4v) is 1.67. The van der Waals surface area contributed by atoms with Crippen LogP contribution in [0.2, 0.25) is 0 Å². The Morgan fingerprint density at radius 2 is 2.07 bits per heavy atom. The second-order valence-electron chi connectivity index (χ2n) is 2.82. The van der Waals surface area contributed by atoms with Crippen LogP contribution in [0, 0.1) is 10.1 Å². The van der Waals surface area contributed by atoms with Crippen molar-refractivity contribution in [2.24, 2.45) is 5.73 Å². The molecule has 0 radical (unpaired) electrons. The molecule has 1 atom stereocenters. The number of halogens is 3. The van der Waals surface area contributed by atoms with Crippen LogP contribution < -0.4 is 5.73 Å². The van der Waals surface area contributed by atoms with Gasteiger partial charge >= 0.3 is 0 Å². The van der Waals surface area contributed by atoms with Crippen molar-refractivity contribution in [2.75, 3.05) is 0 Å². The number of alkyl halides is 2. The van der Waals surface area contributed by atoms with Gasteiger partial charge in [0.2, 0.25) is 0 Å². The standard InChI is InChI=1S/C8H7BrF2N2O2/c9-6-3-4(13(14)15)1-2-5(6)7(12)8(10)11/h1-3,7-8H,12H2. The lowest BCUT2D eigenvalue weighted by Gasteiger charge is -2.12. The topological polar surface area (TPSA) is 69.2 Å². The first-order valence-electron chi connectivity index (χ1n) is 3.91. The van der Waals surface area contributed by atoms with E-state index in [1.165, 1.54) is 6.07 Å². The minimum Gasteiger partial charge on any atom is -0.319 e. The Balaban J connectivity index is 3.08. The molecule has 0 aliphatic rings. The van der Waals surface area contributed by atoms with E-state index in [1.807, 2.05) is 0 Å². The summed E-state index contributed by atoms with van der Waals surface area (Å²) in [4.78, 5) is 9.76. The maximum atomic E-state index is 12.3. The number of non-ortho nitro benzene ring substituents is 1. The van der Waals surface area contributed by atoms with E-state index >= 15 is 0 Å². The van der Waals surface area contributed by atoms with Gasteiger partial charge in [0.05, 0.1) is 11.0 Å². The van der Waals surface area contributed by atoms with Crippen LogP contribution in [0.25, 0.3) is 0 Å². The van der Waals surface area contributed by atoms with Gasteiger partial charge in [0, 0.05) is 16.6 Å². The van der Waals surface area contributed by atoms with Crippen LogP contribution in [-0.2, 0) is 0 Å². The molecule has 15 heavy (non-hydrogen) atoms. The van der Waals surface area contributed by atoms with Crippen molar-refractivity contribution in [1.82, 2.24) is 0 Å². The smallest absolute Gasteiger partial charge is 0.270 e. The summed E-state index contributed by atoms with van der Waals surface area (Å²) < 4.78 is 24.8. The molecule has 0 aliphatic heterocycles. The molecule has 1 rings (SSSR count). The van der Waals surface area contributed by atoms with Crippen molar-refractivity contribution in [3.63, 3.8) is 0 Å². The molecule has 0 fully saturated rings. The van der Waals surface area contributed by atoms with Gasteiger partial charge in [0.1, 0.15) is 0 Å². The third-order valence-corrected chi connectivity index (χ3v) is 2.51. The van der Waals surface area contributed by atoms with Crippen LogP contribution in [0.3, 0.4) is 0 Å². The van der Waals surface area contributed by atoms with Crippen LogP contribution in [0.15, 0.2) is 22.7 Å². The summed E-state index contributed by atoms with van der Waals surface area (Å²) in [6.07, 6.45) is -2.71. The zero-order chi connectivity index (χ0) is 11.6. The van der Waals surface area contributed by atoms with Gasteiger partial charge in [-0.3, -0.25) is 10.1 Å². The van der Waals surface area contributed by atoms with Gasteiger partial charge < -0.3 is 5.73 Å². The molecule has 82 valence electrons. The lowest BCUT2D eigenvalue weighted by molar-refractivity contribution is -0.384. The largest absolute Gasteiger partial charge is 0.319 e. The quantitative estimate of drug-likeness (QED) is 0.684. The molecule has 0 heterocycles. The highest BCUT2D eigenvalue weighted by Crippen LogP contribution is 2.29. The van der Waals surface area contributed by atoms with Crippen molar-refractivity contribution in [2.45, 2.75) is 12.5 Å². The highest BCUT2D eigenvalue weighted by atomic mass is 79.9. The van der Waals surface area contributed by atoms with Gasteiger partial charge in [-0.1, -0.05) is 15.9 Å². The normalized spacial score (nSPS) is 12.9. The second-order valence-corrected chi connectivity index (χ2v) is 3.68. The molecule has 0 aromatic heterocycles. The first-order valence-corrected chi connectivity index (χ1v) is 4.70. The maximum absolute atomic E-state index is 12.3. The van der Waals surface area contributed by atoms with Crippen LogP contribution in [0.5, 0.6) is 0 Å². The zero-order valence-corrected chi connectivity index (χ0v) is 8.95. The van der Waals surface area contributed by atoms with E-state index in [4.69, 9.17) is 5.73 Å². The molecule has 0 amide bonds. The van der Waals surface area contributed by atoms with Crippen LogP contribution in [-0.4, -0.2) is 11.3 Å². The lowest BCUT2D eigenvalue weighted by Crippen LogP contribution is -2.19. The minimum atomic E-state index is -2.71. The van der Waals surface area contributed by atoms with Crippen molar-refractivity contribution in [3.8, 4) is 0 Å². The third kappa shape index (κ3) is 2.69. The summed E-state index contributed by atoms with van der Waals surface area (Å²) in [7, 11) is 0. The summed E-state index contributed by atoms with van der Waals surface area (Å²) in [5, 5.41) is 10.4. The Morgan fingerprint density at radius 3 is 2.47 bits per heavy atom. The van der Waals surface area contributed by atoms with E-state index < -0.39 is 17.4 Å². The minimum absolute atomic E-state index is 0.149. The van der Waals surface area contributed by atoms with E-state index in [0.29, 0.717) is 0 Å². The zero-order valence-electron chi connectivity index (χ0n) is 7.36. The third-order valence-electron chi connectivity index (χ3n) is 1.83. The first kappa shape index (κ1) is 12.0. The lowest BCUT2D eigenvalue weighted by atomic mass is 10.1. The molecule has 1 aromatic carbocycles. The van der Waals surface area contributed by atoms with E-state index in [-0.39, 0.29) is 15.7 Å². The number of benzene rings is 1.